The first-order valence-electron chi connectivity index (χ1n) is 6.79. The van der Waals surface area contributed by atoms with Gasteiger partial charge in [0.15, 0.2) is 11.5 Å². The number of carbonyl (C=O) groups is 1. The number of fused-ring (bicyclic) bond motifs is 1. The van der Waals surface area contributed by atoms with Crippen molar-refractivity contribution in [2.24, 2.45) is 0 Å². The lowest BCUT2D eigenvalue weighted by atomic mass is 9.97. The average Bonchev–Trinajstić information content (AvgIpc) is 2.98. The fourth-order valence-electron chi connectivity index (χ4n) is 2.56. The Morgan fingerprint density at radius 3 is 3.10 bits per heavy atom. The van der Waals surface area contributed by atoms with E-state index >= 15 is 0 Å². The summed E-state index contributed by atoms with van der Waals surface area (Å²) >= 11 is 0. The fourth-order valence-corrected chi connectivity index (χ4v) is 2.56. The molecule has 1 saturated heterocycles. The van der Waals surface area contributed by atoms with Crippen molar-refractivity contribution in [3.8, 4) is 0 Å². The van der Waals surface area contributed by atoms with Crippen LogP contribution in [0.5, 0.6) is 0 Å². The van der Waals surface area contributed by atoms with E-state index in [1.54, 1.807) is 31.3 Å². The Labute approximate surface area is 121 Å². The normalized spacial score (nSPS) is 25.3. The van der Waals surface area contributed by atoms with Crippen LogP contribution >= 0.6 is 0 Å². The minimum atomic E-state index is -1.07. The van der Waals surface area contributed by atoms with Crippen LogP contribution in [-0.2, 0) is 4.74 Å². The van der Waals surface area contributed by atoms with Crippen molar-refractivity contribution >= 4 is 17.4 Å². The standard InChI is InChI=1S/C14H17N3O4/c1-9-14(20,5-7-21-9)8-15-12-11(13(18)19)17-6-3-2-4-10(17)16-12/h2-4,6,9,15,20H,5,7-8H2,1H3,(H,18,19). The third kappa shape index (κ3) is 2.34. The lowest BCUT2D eigenvalue weighted by molar-refractivity contribution is -0.0176. The van der Waals surface area contributed by atoms with Gasteiger partial charge in [0, 0.05) is 25.8 Å². The summed E-state index contributed by atoms with van der Waals surface area (Å²) in [5.41, 5.74) is -0.410. The molecule has 1 fully saturated rings. The van der Waals surface area contributed by atoms with E-state index in [1.165, 1.54) is 4.40 Å². The van der Waals surface area contributed by atoms with Crippen LogP contribution in [0, 0.1) is 0 Å². The van der Waals surface area contributed by atoms with Gasteiger partial charge < -0.3 is 20.3 Å². The van der Waals surface area contributed by atoms with Crippen LogP contribution in [0.25, 0.3) is 5.65 Å². The summed E-state index contributed by atoms with van der Waals surface area (Å²) in [5, 5.41) is 22.8. The minimum absolute atomic E-state index is 0.0563. The van der Waals surface area contributed by atoms with Crippen LogP contribution in [0.15, 0.2) is 24.4 Å². The number of hydrogen-bond donors (Lipinski definition) is 3. The number of aliphatic hydroxyl groups is 1. The maximum atomic E-state index is 11.4. The van der Waals surface area contributed by atoms with Crippen molar-refractivity contribution in [2.75, 3.05) is 18.5 Å². The predicted octanol–water partition coefficient (Wildman–Crippen LogP) is 0.984. The number of aromatic nitrogens is 2. The number of ether oxygens (including phenoxy) is 1. The third-order valence-electron chi connectivity index (χ3n) is 3.95. The number of rotatable bonds is 4. The highest BCUT2D eigenvalue weighted by molar-refractivity contribution is 5.92. The van der Waals surface area contributed by atoms with Crippen molar-refractivity contribution in [2.45, 2.75) is 25.0 Å². The monoisotopic (exact) mass is 291 g/mol. The number of nitrogens with one attached hydrogen (secondary N) is 1. The van der Waals surface area contributed by atoms with Gasteiger partial charge >= 0.3 is 5.97 Å². The van der Waals surface area contributed by atoms with Gasteiger partial charge in [-0.1, -0.05) is 6.07 Å². The third-order valence-corrected chi connectivity index (χ3v) is 3.95. The molecular formula is C14H17N3O4. The quantitative estimate of drug-likeness (QED) is 0.777. The number of pyridine rings is 1. The Kier molecular flexibility index (Phi) is 3.30. The van der Waals surface area contributed by atoms with Crippen LogP contribution in [0.3, 0.4) is 0 Å². The van der Waals surface area contributed by atoms with Crippen molar-refractivity contribution < 1.29 is 19.7 Å². The first-order valence-corrected chi connectivity index (χ1v) is 6.79. The molecule has 0 spiro atoms. The van der Waals surface area contributed by atoms with E-state index < -0.39 is 11.6 Å². The first kappa shape index (κ1) is 13.8. The summed E-state index contributed by atoms with van der Waals surface area (Å²) in [5.74, 6) is -0.819. The molecular weight excluding hydrogens is 274 g/mol. The van der Waals surface area contributed by atoms with Crippen LogP contribution < -0.4 is 5.32 Å². The van der Waals surface area contributed by atoms with E-state index in [0.29, 0.717) is 18.7 Å². The van der Waals surface area contributed by atoms with E-state index in [0.717, 1.165) is 0 Å². The second-order valence-electron chi connectivity index (χ2n) is 5.26. The molecule has 0 bridgehead atoms. The molecule has 2 aromatic heterocycles. The molecule has 3 heterocycles. The lowest BCUT2D eigenvalue weighted by Gasteiger charge is -2.26. The highest BCUT2D eigenvalue weighted by Crippen LogP contribution is 2.27. The molecule has 0 saturated carbocycles. The fraction of sp³-hybridized carbons (Fsp3) is 0.429. The number of aromatic carboxylic acids is 1. The van der Waals surface area contributed by atoms with E-state index in [-0.39, 0.29) is 24.2 Å². The van der Waals surface area contributed by atoms with Crippen LogP contribution in [-0.4, -0.2) is 50.4 Å². The van der Waals surface area contributed by atoms with Crippen molar-refractivity contribution in [1.29, 1.82) is 0 Å². The maximum absolute atomic E-state index is 11.4. The van der Waals surface area contributed by atoms with E-state index in [2.05, 4.69) is 10.3 Å². The lowest BCUT2D eigenvalue weighted by Crippen LogP contribution is -2.43. The van der Waals surface area contributed by atoms with Gasteiger partial charge in [0.1, 0.15) is 11.2 Å². The SMILES string of the molecule is CC1OCCC1(O)CNc1nc2ccccn2c1C(=O)O. The summed E-state index contributed by atoms with van der Waals surface area (Å²) in [4.78, 5) is 15.7. The Morgan fingerprint density at radius 1 is 1.62 bits per heavy atom. The van der Waals surface area contributed by atoms with E-state index in [4.69, 9.17) is 4.74 Å². The number of carboxylic acid groups (broad SMARTS) is 1. The zero-order chi connectivity index (χ0) is 15.0. The Bertz CT molecular complexity index is 684. The molecule has 7 heteroatoms. The van der Waals surface area contributed by atoms with Crippen molar-refractivity contribution in [3.63, 3.8) is 0 Å². The maximum Gasteiger partial charge on any atom is 0.356 e. The van der Waals surface area contributed by atoms with Crippen molar-refractivity contribution in [1.82, 2.24) is 9.38 Å². The van der Waals surface area contributed by atoms with Gasteiger partial charge in [0.05, 0.1) is 6.10 Å². The molecule has 2 atom stereocenters. The summed E-state index contributed by atoms with van der Waals surface area (Å²) < 4.78 is 6.86. The van der Waals surface area contributed by atoms with E-state index in [9.17, 15) is 15.0 Å². The number of hydrogen-bond acceptors (Lipinski definition) is 5. The number of nitrogens with zero attached hydrogens (tertiary/aromatic N) is 2. The largest absolute Gasteiger partial charge is 0.476 e. The molecule has 3 N–H and O–H groups in total. The van der Waals surface area contributed by atoms with Gasteiger partial charge in [0.25, 0.3) is 0 Å². The van der Waals surface area contributed by atoms with Crippen LogP contribution in [0.2, 0.25) is 0 Å². The average molecular weight is 291 g/mol. The smallest absolute Gasteiger partial charge is 0.356 e. The first-order chi connectivity index (χ1) is 10.0. The van der Waals surface area contributed by atoms with Gasteiger partial charge in [-0.2, -0.15) is 0 Å². The molecule has 2 aromatic rings. The summed E-state index contributed by atoms with van der Waals surface area (Å²) in [6, 6.07) is 5.26. The molecule has 1 aliphatic rings. The molecule has 0 aliphatic carbocycles. The van der Waals surface area contributed by atoms with Crippen LogP contribution in [0.4, 0.5) is 5.82 Å². The number of imidazole rings is 1. The zero-order valence-electron chi connectivity index (χ0n) is 11.6. The predicted molar refractivity (Wildman–Crippen MR) is 75.6 cm³/mol. The molecule has 21 heavy (non-hydrogen) atoms. The molecule has 7 nitrogen and oxygen atoms in total. The molecule has 0 aromatic carbocycles. The number of anilines is 1. The highest BCUT2D eigenvalue weighted by Gasteiger charge is 2.39. The summed E-state index contributed by atoms with van der Waals surface area (Å²) in [6.07, 6.45) is 1.86. The van der Waals surface area contributed by atoms with Gasteiger partial charge in [-0.05, 0) is 19.1 Å². The molecule has 0 amide bonds. The van der Waals surface area contributed by atoms with E-state index in [1.807, 2.05) is 0 Å². The molecule has 112 valence electrons. The van der Waals surface area contributed by atoms with Gasteiger partial charge in [0.2, 0.25) is 0 Å². The van der Waals surface area contributed by atoms with Crippen LogP contribution in [0.1, 0.15) is 23.8 Å². The van der Waals surface area contributed by atoms with Gasteiger partial charge in [-0.3, -0.25) is 4.40 Å². The molecule has 3 rings (SSSR count). The summed E-state index contributed by atoms with van der Waals surface area (Å²) in [7, 11) is 0. The number of carboxylic acids is 1. The minimum Gasteiger partial charge on any atom is -0.476 e. The Hall–Kier alpha value is -2.12. The van der Waals surface area contributed by atoms with Gasteiger partial charge in [-0.25, -0.2) is 9.78 Å². The molecule has 0 radical (unpaired) electrons. The zero-order valence-corrected chi connectivity index (χ0v) is 11.6. The summed E-state index contributed by atoms with van der Waals surface area (Å²) in [6.45, 7) is 2.49. The Morgan fingerprint density at radius 2 is 2.43 bits per heavy atom. The second kappa shape index (κ2) is 5.01. The second-order valence-corrected chi connectivity index (χ2v) is 5.26. The topological polar surface area (TPSA) is 96.1 Å². The van der Waals surface area contributed by atoms with Gasteiger partial charge in [-0.15, -0.1) is 0 Å². The Balaban J connectivity index is 1.90. The molecule has 1 aliphatic heterocycles. The highest BCUT2D eigenvalue weighted by atomic mass is 16.5. The molecule has 2 unspecified atom stereocenters. The van der Waals surface area contributed by atoms with Crippen molar-refractivity contribution in [3.05, 3.63) is 30.1 Å².